The molecule has 1 amide bonds. The fourth-order valence-electron chi connectivity index (χ4n) is 0.582. The molecule has 0 radical (unpaired) electrons. The SMILES string of the molecule is Cn1ncnc1NC(=O)C(F)(F)Br. The highest BCUT2D eigenvalue weighted by molar-refractivity contribution is 9.10. The highest BCUT2D eigenvalue weighted by atomic mass is 79.9. The van der Waals surface area contributed by atoms with Crippen molar-refractivity contribution in [2.24, 2.45) is 7.05 Å². The number of anilines is 1. The summed E-state index contributed by atoms with van der Waals surface area (Å²) in [7, 11) is 1.47. The van der Waals surface area contributed by atoms with Crippen LogP contribution in [0.2, 0.25) is 0 Å². The minimum absolute atomic E-state index is 0.0378. The molecule has 0 atom stereocenters. The van der Waals surface area contributed by atoms with Gasteiger partial charge >= 0.3 is 10.7 Å². The largest absolute Gasteiger partial charge is 0.378 e. The van der Waals surface area contributed by atoms with Crippen molar-refractivity contribution in [3.63, 3.8) is 0 Å². The number of nitrogens with zero attached hydrogens (tertiary/aromatic N) is 3. The standard InChI is InChI=1S/C5H5BrF2N4O/c1-12-4(9-2-10-12)11-3(13)5(6,7)8/h2H,1H3,(H,9,10,11,13). The quantitative estimate of drug-likeness (QED) is 0.793. The van der Waals surface area contributed by atoms with E-state index in [1.54, 1.807) is 0 Å². The van der Waals surface area contributed by atoms with Crippen molar-refractivity contribution in [2.45, 2.75) is 4.83 Å². The van der Waals surface area contributed by atoms with Gasteiger partial charge in [0.1, 0.15) is 6.33 Å². The maximum Gasteiger partial charge on any atom is 0.378 e. The van der Waals surface area contributed by atoms with E-state index in [1.165, 1.54) is 7.05 Å². The van der Waals surface area contributed by atoms with Crippen molar-refractivity contribution in [3.8, 4) is 0 Å². The summed E-state index contributed by atoms with van der Waals surface area (Å²) in [6.07, 6.45) is 1.14. The fraction of sp³-hybridized carbons (Fsp3) is 0.400. The van der Waals surface area contributed by atoms with E-state index in [-0.39, 0.29) is 5.95 Å². The van der Waals surface area contributed by atoms with Crippen LogP contribution in [0.5, 0.6) is 0 Å². The van der Waals surface area contributed by atoms with E-state index in [4.69, 9.17) is 0 Å². The van der Waals surface area contributed by atoms with Crippen LogP contribution in [0.1, 0.15) is 0 Å². The molecule has 0 saturated heterocycles. The topological polar surface area (TPSA) is 59.8 Å². The molecule has 0 saturated carbocycles. The van der Waals surface area contributed by atoms with Gasteiger partial charge in [-0.15, -0.1) is 0 Å². The van der Waals surface area contributed by atoms with Gasteiger partial charge in [-0.05, 0) is 0 Å². The number of carbonyl (C=O) groups is 1. The summed E-state index contributed by atoms with van der Waals surface area (Å²) < 4.78 is 25.7. The molecule has 0 aliphatic carbocycles. The molecule has 0 aromatic carbocycles. The summed E-state index contributed by atoms with van der Waals surface area (Å²) in [5.74, 6) is -1.52. The first kappa shape index (κ1) is 10.0. The number of alkyl halides is 3. The van der Waals surface area contributed by atoms with Crippen molar-refractivity contribution >= 4 is 27.8 Å². The smallest absolute Gasteiger partial charge is 0.289 e. The van der Waals surface area contributed by atoms with E-state index in [0.29, 0.717) is 0 Å². The maximum atomic E-state index is 12.3. The number of amides is 1. The zero-order valence-corrected chi connectivity index (χ0v) is 8.05. The van der Waals surface area contributed by atoms with Crippen LogP contribution in [0.15, 0.2) is 6.33 Å². The first-order chi connectivity index (χ1) is 5.91. The third-order valence-corrected chi connectivity index (χ3v) is 1.55. The number of hydrogen-bond acceptors (Lipinski definition) is 3. The van der Waals surface area contributed by atoms with Crippen LogP contribution >= 0.6 is 15.9 Å². The fourth-order valence-corrected chi connectivity index (χ4v) is 0.681. The molecule has 0 aliphatic rings. The molecule has 0 spiro atoms. The van der Waals surface area contributed by atoms with Gasteiger partial charge in [-0.1, -0.05) is 0 Å². The first-order valence-corrected chi connectivity index (χ1v) is 3.92. The lowest BCUT2D eigenvalue weighted by molar-refractivity contribution is -0.128. The van der Waals surface area contributed by atoms with E-state index in [1.807, 2.05) is 21.2 Å². The lowest BCUT2D eigenvalue weighted by atomic mass is 10.6. The van der Waals surface area contributed by atoms with Gasteiger partial charge in [0, 0.05) is 23.0 Å². The Morgan fingerprint density at radius 1 is 1.77 bits per heavy atom. The Morgan fingerprint density at radius 3 is 2.77 bits per heavy atom. The van der Waals surface area contributed by atoms with Crippen molar-refractivity contribution < 1.29 is 13.6 Å². The lowest BCUT2D eigenvalue weighted by Crippen LogP contribution is -2.29. The van der Waals surface area contributed by atoms with E-state index in [9.17, 15) is 13.6 Å². The van der Waals surface area contributed by atoms with Crippen LogP contribution in [0, 0.1) is 0 Å². The summed E-state index contributed by atoms with van der Waals surface area (Å²) in [6, 6.07) is 0. The minimum Gasteiger partial charge on any atom is -0.289 e. The molecule has 1 heterocycles. The number of rotatable bonds is 2. The van der Waals surface area contributed by atoms with E-state index in [2.05, 4.69) is 10.1 Å². The molecule has 8 heteroatoms. The second kappa shape index (κ2) is 3.36. The van der Waals surface area contributed by atoms with Gasteiger partial charge in [0.15, 0.2) is 0 Å². The van der Waals surface area contributed by atoms with Crippen LogP contribution in [0.25, 0.3) is 0 Å². The molecule has 13 heavy (non-hydrogen) atoms. The van der Waals surface area contributed by atoms with Gasteiger partial charge in [0.2, 0.25) is 5.95 Å². The third-order valence-electron chi connectivity index (χ3n) is 1.19. The Kier molecular flexibility index (Phi) is 2.60. The van der Waals surface area contributed by atoms with Gasteiger partial charge in [-0.2, -0.15) is 18.9 Å². The average molecular weight is 255 g/mol. The Balaban J connectivity index is 2.71. The van der Waals surface area contributed by atoms with E-state index < -0.39 is 10.7 Å². The number of aryl methyl sites for hydroxylation is 1. The molecule has 72 valence electrons. The first-order valence-electron chi connectivity index (χ1n) is 3.13. The zero-order valence-electron chi connectivity index (χ0n) is 6.46. The Morgan fingerprint density at radius 2 is 2.38 bits per heavy atom. The summed E-state index contributed by atoms with van der Waals surface area (Å²) in [4.78, 5) is 10.6. The molecule has 5 nitrogen and oxygen atoms in total. The van der Waals surface area contributed by atoms with Crippen molar-refractivity contribution in [1.29, 1.82) is 0 Å². The van der Waals surface area contributed by atoms with Gasteiger partial charge in [0.05, 0.1) is 0 Å². The summed E-state index contributed by atoms with van der Waals surface area (Å²) in [6.45, 7) is 0. The van der Waals surface area contributed by atoms with Gasteiger partial charge in [0.25, 0.3) is 0 Å². The van der Waals surface area contributed by atoms with Crippen LogP contribution in [0.4, 0.5) is 14.7 Å². The maximum absolute atomic E-state index is 12.3. The van der Waals surface area contributed by atoms with Crippen molar-refractivity contribution in [2.75, 3.05) is 5.32 Å². The molecule has 0 bridgehead atoms. The summed E-state index contributed by atoms with van der Waals surface area (Å²) >= 11 is 1.91. The minimum atomic E-state index is -3.60. The molecule has 1 aromatic heterocycles. The lowest BCUT2D eigenvalue weighted by Gasteiger charge is -2.07. The van der Waals surface area contributed by atoms with E-state index >= 15 is 0 Å². The molecule has 1 aromatic rings. The molecule has 1 rings (SSSR count). The number of halogens is 3. The number of nitrogens with one attached hydrogen (secondary N) is 1. The van der Waals surface area contributed by atoms with Crippen LogP contribution < -0.4 is 5.32 Å². The molecular formula is C5H5BrF2N4O. The normalized spacial score (nSPS) is 11.4. The van der Waals surface area contributed by atoms with Crippen LogP contribution in [-0.2, 0) is 11.8 Å². The van der Waals surface area contributed by atoms with Crippen molar-refractivity contribution in [1.82, 2.24) is 14.8 Å². The second-order valence-corrected chi connectivity index (χ2v) is 3.16. The summed E-state index contributed by atoms with van der Waals surface area (Å²) in [5, 5.41) is 5.47. The zero-order chi connectivity index (χ0) is 10.1. The Labute approximate surface area is 80.3 Å². The predicted octanol–water partition coefficient (Wildman–Crippen LogP) is 0.741. The van der Waals surface area contributed by atoms with Gasteiger partial charge < -0.3 is 0 Å². The van der Waals surface area contributed by atoms with Crippen molar-refractivity contribution in [3.05, 3.63) is 6.33 Å². The van der Waals surface area contributed by atoms with Crippen LogP contribution in [-0.4, -0.2) is 25.5 Å². The Hall–Kier alpha value is -1.05. The van der Waals surface area contributed by atoms with Gasteiger partial charge in [-0.25, -0.2) is 4.68 Å². The van der Waals surface area contributed by atoms with Gasteiger partial charge in [-0.3, -0.25) is 10.1 Å². The molecule has 0 aliphatic heterocycles. The highest BCUT2D eigenvalue weighted by Crippen LogP contribution is 2.22. The third kappa shape index (κ3) is 2.44. The highest BCUT2D eigenvalue weighted by Gasteiger charge is 2.35. The monoisotopic (exact) mass is 254 g/mol. The molecule has 1 N–H and O–H groups in total. The number of carbonyl (C=O) groups excluding carboxylic acids is 1. The summed E-state index contributed by atoms with van der Waals surface area (Å²) in [5.41, 5.74) is 0. The number of hydrogen-bond donors (Lipinski definition) is 1. The predicted molar refractivity (Wildman–Crippen MR) is 43.5 cm³/mol. The second-order valence-electron chi connectivity index (χ2n) is 2.16. The Bertz CT molecular complexity index is 321. The van der Waals surface area contributed by atoms with Crippen LogP contribution in [0.3, 0.4) is 0 Å². The number of aromatic nitrogens is 3. The molecular weight excluding hydrogens is 250 g/mol. The average Bonchev–Trinajstić information content (AvgIpc) is 2.34. The molecule has 0 fully saturated rings. The van der Waals surface area contributed by atoms with E-state index in [0.717, 1.165) is 11.0 Å². The molecule has 0 unspecified atom stereocenters.